The third-order valence-corrected chi connectivity index (χ3v) is 4.35. The van der Waals surface area contributed by atoms with E-state index < -0.39 is 0 Å². The number of nitrogens with zero attached hydrogens (tertiary/aromatic N) is 2. The molecule has 1 atom stereocenters. The Kier molecular flexibility index (Phi) is 4.94. The van der Waals surface area contributed by atoms with Gasteiger partial charge in [-0.2, -0.15) is 0 Å². The lowest BCUT2D eigenvalue weighted by molar-refractivity contribution is -0.139. The molecule has 1 heterocycles. The summed E-state index contributed by atoms with van der Waals surface area (Å²) in [6.45, 7) is 2.77. The van der Waals surface area contributed by atoms with Crippen molar-refractivity contribution in [2.45, 2.75) is 12.5 Å². The SMILES string of the molecule is CN(C)CC1COCCN1C(=O)Cc1cccc2ccccc12. The van der Waals surface area contributed by atoms with Crippen LogP contribution < -0.4 is 0 Å². The van der Waals surface area contributed by atoms with Crippen LogP contribution in [0, 0.1) is 0 Å². The molecule has 122 valence electrons. The summed E-state index contributed by atoms with van der Waals surface area (Å²) in [5.41, 5.74) is 1.10. The van der Waals surface area contributed by atoms with Gasteiger partial charge >= 0.3 is 0 Å². The number of ether oxygens (including phenoxy) is 1. The molecule has 1 aliphatic heterocycles. The monoisotopic (exact) mass is 312 g/mol. The van der Waals surface area contributed by atoms with Crippen LogP contribution in [0.1, 0.15) is 5.56 Å². The number of morpholine rings is 1. The second kappa shape index (κ2) is 7.11. The van der Waals surface area contributed by atoms with Gasteiger partial charge in [-0.1, -0.05) is 42.5 Å². The Balaban J connectivity index is 1.79. The Labute approximate surface area is 137 Å². The van der Waals surface area contributed by atoms with Gasteiger partial charge in [0.15, 0.2) is 0 Å². The minimum absolute atomic E-state index is 0.140. The summed E-state index contributed by atoms with van der Waals surface area (Å²) in [7, 11) is 4.06. The number of hydrogen-bond donors (Lipinski definition) is 0. The smallest absolute Gasteiger partial charge is 0.227 e. The fraction of sp³-hybridized carbons (Fsp3) is 0.421. The summed E-state index contributed by atoms with van der Waals surface area (Å²) in [6.07, 6.45) is 0.450. The summed E-state index contributed by atoms with van der Waals surface area (Å²) in [4.78, 5) is 17.0. The Morgan fingerprint density at radius 3 is 2.83 bits per heavy atom. The molecule has 4 nitrogen and oxygen atoms in total. The summed E-state index contributed by atoms with van der Waals surface area (Å²) >= 11 is 0. The van der Waals surface area contributed by atoms with E-state index in [0.29, 0.717) is 26.2 Å². The van der Waals surface area contributed by atoms with E-state index in [-0.39, 0.29) is 11.9 Å². The van der Waals surface area contributed by atoms with E-state index in [2.05, 4.69) is 29.2 Å². The third-order valence-electron chi connectivity index (χ3n) is 4.35. The Morgan fingerprint density at radius 2 is 2.00 bits per heavy atom. The normalized spacial score (nSPS) is 18.6. The first-order valence-electron chi connectivity index (χ1n) is 8.14. The largest absolute Gasteiger partial charge is 0.377 e. The molecule has 0 radical (unpaired) electrons. The van der Waals surface area contributed by atoms with E-state index in [0.717, 1.165) is 12.1 Å². The fourth-order valence-corrected chi connectivity index (χ4v) is 3.27. The van der Waals surface area contributed by atoms with Gasteiger partial charge in [0.05, 0.1) is 25.7 Å². The van der Waals surface area contributed by atoms with Crippen molar-refractivity contribution in [2.24, 2.45) is 0 Å². The molecule has 3 rings (SSSR count). The molecular weight excluding hydrogens is 288 g/mol. The number of fused-ring (bicyclic) bond motifs is 1. The van der Waals surface area contributed by atoms with Gasteiger partial charge in [-0.3, -0.25) is 4.79 Å². The quantitative estimate of drug-likeness (QED) is 0.867. The molecule has 1 saturated heterocycles. The van der Waals surface area contributed by atoms with E-state index in [4.69, 9.17) is 4.74 Å². The number of carbonyl (C=O) groups excluding carboxylic acids is 1. The number of rotatable bonds is 4. The molecule has 0 spiro atoms. The van der Waals surface area contributed by atoms with Gasteiger partial charge < -0.3 is 14.5 Å². The molecule has 2 aromatic carbocycles. The first kappa shape index (κ1) is 16.0. The molecule has 0 aromatic heterocycles. The molecule has 2 aromatic rings. The second-order valence-electron chi connectivity index (χ2n) is 6.39. The van der Waals surface area contributed by atoms with Gasteiger partial charge in [-0.25, -0.2) is 0 Å². The van der Waals surface area contributed by atoms with Gasteiger partial charge in [0.2, 0.25) is 5.91 Å². The maximum Gasteiger partial charge on any atom is 0.227 e. The second-order valence-corrected chi connectivity index (χ2v) is 6.39. The van der Waals surface area contributed by atoms with Crippen LogP contribution in [0.2, 0.25) is 0 Å². The molecule has 0 N–H and O–H groups in total. The number of benzene rings is 2. The van der Waals surface area contributed by atoms with Crippen LogP contribution in [-0.2, 0) is 16.0 Å². The van der Waals surface area contributed by atoms with Gasteiger partial charge in [0.1, 0.15) is 0 Å². The maximum atomic E-state index is 12.9. The van der Waals surface area contributed by atoms with Crippen LogP contribution in [0.15, 0.2) is 42.5 Å². The van der Waals surface area contributed by atoms with Crippen LogP contribution in [0.5, 0.6) is 0 Å². The fourth-order valence-electron chi connectivity index (χ4n) is 3.27. The summed E-state index contributed by atoms with van der Waals surface area (Å²) < 4.78 is 5.56. The van der Waals surface area contributed by atoms with Crippen molar-refractivity contribution < 1.29 is 9.53 Å². The minimum Gasteiger partial charge on any atom is -0.377 e. The average Bonchev–Trinajstić information content (AvgIpc) is 2.55. The number of hydrogen-bond acceptors (Lipinski definition) is 3. The minimum atomic E-state index is 0.140. The lowest BCUT2D eigenvalue weighted by Crippen LogP contribution is -2.53. The zero-order valence-electron chi connectivity index (χ0n) is 13.9. The number of amides is 1. The van der Waals surface area contributed by atoms with Gasteiger partial charge in [0.25, 0.3) is 0 Å². The predicted octanol–water partition coefficient (Wildman–Crippen LogP) is 2.17. The first-order valence-corrected chi connectivity index (χ1v) is 8.14. The summed E-state index contributed by atoms with van der Waals surface area (Å²) in [5.74, 6) is 0.191. The van der Waals surface area contributed by atoms with Gasteiger partial charge in [-0.15, -0.1) is 0 Å². The zero-order valence-corrected chi connectivity index (χ0v) is 13.9. The topological polar surface area (TPSA) is 32.8 Å². The van der Waals surface area contributed by atoms with Gasteiger partial charge in [-0.05, 0) is 30.4 Å². The third kappa shape index (κ3) is 3.71. The highest BCUT2D eigenvalue weighted by Crippen LogP contribution is 2.20. The lowest BCUT2D eigenvalue weighted by atomic mass is 10.0. The molecule has 1 fully saturated rings. The van der Waals surface area contributed by atoms with Crippen molar-refractivity contribution in [3.63, 3.8) is 0 Å². The van der Waals surface area contributed by atoms with Crippen molar-refractivity contribution in [3.8, 4) is 0 Å². The van der Waals surface area contributed by atoms with Crippen molar-refractivity contribution in [1.29, 1.82) is 0 Å². The molecule has 1 aliphatic rings. The highest BCUT2D eigenvalue weighted by Gasteiger charge is 2.27. The van der Waals surface area contributed by atoms with Crippen LogP contribution in [-0.4, -0.2) is 62.1 Å². The standard InChI is InChI=1S/C19H24N2O2/c1-20(2)13-17-14-23-11-10-21(17)19(22)12-16-8-5-7-15-6-3-4-9-18(15)16/h3-9,17H,10-14H2,1-2H3. The average molecular weight is 312 g/mol. The first-order chi connectivity index (χ1) is 11.1. The number of likely N-dealkylation sites (N-methyl/N-ethyl adjacent to an activating group) is 1. The predicted molar refractivity (Wildman–Crippen MR) is 92.5 cm³/mol. The van der Waals surface area contributed by atoms with Crippen LogP contribution in [0.3, 0.4) is 0 Å². The van der Waals surface area contributed by atoms with E-state index >= 15 is 0 Å². The molecule has 1 unspecified atom stereocenters. The Bertz CT molecular complexity index is 679. The molecule has 0 aliphatic carbocycles. The molecule has 23 heavy (non-hydrogen) atoms. The van der Waals surface area contributed by atoms with E-state index in [1.165, 1.54) is 10.8 Å². The van der Waals surface area contributed by atoms with E-state index in [1.807, 2.05) is 37.2 Å². The summed E-state index contributed by atoms with van der Waals surface area (Å²) in [5, 5.41) is 2.35. The Hall–Kier alpha value is -1.91. The van der Waals surface area contributed by atoms with Crippen molar-refractivity contribution in [1.82, 2.24) is 9.80 Å². The number of carbonyl (C=O) groups is 1. The Morgan fingerprint density at radius 1 is 1.22 bits per heavy atom. The van der Waals surface area contributed by atoms with Crippen molar-refractivity contribution in [3.05, 3.63) is 48.0 Å². The van der Waals surface area contributed by atoms with Crippen molar-refractivity contribution >= 4 is 16.7 Å². The molecule has 0 saturated carbocycles. The molecule has 0 bridgehead atoms. The van der Waals surface area contributed by atoms with E-state index in [9.17, 15) is 4.79 Å². The summed E-state index contributed by atoms with van der Waals surface area (Å²) in [6, 6.07) is 14.6. The molecular formula is C19H24N2O2. The lowest BCUT2D eigenvalue weighted by Gasteiger charge is -2.37. The zero-order chi connectivity index (χ0) is 16.2. The van der Waals surface area contributed by atoms with Crippen LogP contribution >= 0.6 is 0 Å². The molecule has 1 amide bonds. The highest BCUT2D eigenvalue weighted by molar-refractivity contribution is 5.90. The molecule has 4 heteroatoms. The van der Waals surface area contributed by atoms with Crippen molar-refractivity contribution in [2.75, 3.05) is 40.4 Å². The van der Waals surface area contributed by atoms with E-state index in [1.54, 1.807) is 0 Å². The maximum absolute atomic E-state index is 12.9. The van der Waals surface area contributed by atoms with Crippen LogP contribution in [0.4, 0.5) is 0 Å². The highest BCUT2D eigenvalue weighted by atomic mass is 16.5. The van der Waals surface area contributed by atoms with Crippen LogP contribution in [0.25, 0.3) is 10.8 Å². The van der Waals surface area contributed by atoms with Gasteiger partial charge in [0, 0.05) is 13.1 Å².